The Kier molecular flexibility index (Phi) is 2.32. The van der Waals surface area contributed by atoms with Gasteiger partial charge in [-0.1, -0.05) is 151 Å². The molecule has 0 amide bonds. The highest BCUT2D eigenvalue weighted by Crippen LogP contribution is 2.47. The number of benzene rings is 8. The van der Waals surface area contributed by atoms with Gasteiger partial charge in [-0.15, -0.1) is 0 Å². The first-order valence-corrected chi connectivity index (χ1v) is 13.2. The fourth-order valence-electron chi connectivity index (χ4n) is 5.19. The van der Waals surface area contributed by atoms with E-state index in [-0.39, 0.29) is 0 Å². The molecule has 1 aromatic heterocycles. The van der Waals surface area contributed by atoms with E-state index in [1.54, 1.807) is 0 Å². The summed E-state index contributed by atoms with van der Waals surface area (Å²) in [5.74, 6) is 0. The van der Waals surface area contributed by atoms with E-state index in [1.807, 2.05) is 0 Å². The molecule has 1 heteroatoms. The van der Waals surface area contributed by atoms with Gasteiger partial charge in [0.25, 0.3) is 0 Å². The molecule has 0 saturated carbocycles. The highest BCUT2D eigenvalue weighted by molar-refractivity contribution is 6.24. The molecular formula is C44H28O. The van der Waals surface area contributed by atoms with Gasteiger partial charge in [-0.05, 0) is 73.1 Å². The summed E-state index contributed by atoms with van der Waals surface area (Å²) in [7, 11) is 0. The van der Waals surface area contributed by atoms with Crippen molar-refractivity contribution in [3.8, 4) is 44.5 Å². The van der Waals surface area contributed by atoms with Crippen LogP contribution in [0.25, 0.3) is 88.0 Å². The minimum atomic E-state index is -1.06. The molecule has 9 aromatic rings. The Labute approximate surface area is 301 Å². The van der Waals surface area contributed by atoms with Gasteiger partial charge in [-0.2, -0.15) is 0 Å². The predicted molar refractivity (Wildman–Crippen MR) is 190 cm³/mol. The molecule has 0 aliphatic heterocycles. The number of rotatable bonds is 4. The number of fused-ring (bicyclic) bond motifs is 5. The summed E-state index contributed by atoms with van der Waals surface area (Å²) in [6.07, 6.45) is 0. The molecular weight excluding hydrogens is 544 g/mol. The molecule has 0 unspecified atom stereocenters. The van der Waals surface area contributed by atoms with Crippen molar-refractivity contribution < 1.29 is 42.8 Å². The zero-order valence-corrected chi connectivity index (χ0v) is 22.4. The van der Waals surface area contributed by atoms with Crippen molar-refractivity contribution in [3.63, 3.8) is 0 Å². The molecule has 8 aromatic carbocycles. The second-order valence-electron chi connectivity index (χ2n) is 9.51. The fraction of sp³-hybridized carbons (Fsp3) is 0. The van der Waals surface area contributed by atoms with E-state index in [1.165, 1.54) is 0 Å². The first-order valence-electron chi connectivity index (χ1n) is 27.2. The lowest BCUT2D eigenvalue weighted by Gasteiger charge is -2.18. The zero-order chi connectivity index (χ0) is 54.1. The molecule has 0 radical (unpaired) electrons. The molecule has 0 N–H and O–H groups in total. The van der Waals surface area contributed by atoms with Gasteiger partial charge in [0.2, 0.25) is 0 Å². The Bertz CT molecular complexity index is 3980. The van der Waals surface area contributed by atoms with E-state index >= 15 is 0 Å². The maximum atomic E-state index is 9.61. The van der Waals surface area contributed by atoms with Crippen molar-refractivity contribution >= 4 is 43.5 Å². The highest BCUT2D eigenvalue weighted by Gasteiger charge is 2.20. The Balaban J connectivity index is 1.59. The van der Waals surface area contributed by atoms with Gasteiger partial charge in [-0.25, -0.2) is 0 Å². The van der Waals surface area contributed by atoms with Gasteiger partial charge < -0.3 is 4.42 Å². The summed E-state index contributed by atoms with van der Waals surface area (Å²) in [6.45, 7) is 0. The minimum Gasteiger partial charge on any atom is -0.455 e. The second kappa shape index (κ2) is 10.4. The van der Waals surface area contributed by atoms with Crippen molar-refractivity contribution in [2.24, 2.45) is 0 Å². The molecule has 45 heavy (non-hydrogen) atoms. The lowest BCUT2D eigenvalue weighted by Crippen LogP contribution is -1.91. The van der Waals surface area contributed by atoms with E-state index in [4.69, 9.17) is 30.5 Å². The third-order valence-corrected chi connectivity index (χ3v) is 7.06. The molecule has 0 atom stereocenters. The largest absolute Gasteiger partial charge is 0.455 e. The van der Waals surface area contributed by atoms with Crippen LogP contribution >= 0.6 is 0 Å². The summed E-state index contributed by atoms with van der Waals surface area (Å²) in [5, 5.41) is -4.18. The van der Waals surface area contributed by atoms with E-state index in [0.29, 0.717) is 0 Å². The molecule has 1 nitrogen and oxygen atoms in total. The molecule has 0 aliphatic carbocycles. The van der Waals surface area contributed by atoms with Crippen molar-refractivity contribution in [2.75, 3.05) is 0 Å². The molecule has 0 aliphatic rings. The van der Waals surface area contributed by atoms with Crippen LogP contribution in [0, 0.1) is 0 Å². The Morgan fingerprint density at radius 1 is 0.333 bits per heavy atom. The molecule has 1 heterocycles. The van der Waals surface area contributed by atoms with Crippen LogP contribution in [0.15, 0.2) is 174 Å². The lowest BCUT2D eigenvalue weighted by atomic mass is 9.85. The molecule has 0 bridgehead atoms. The standard InChI is InChI=1S/C44H28O/c1-3-13-29(14-4-1)31-17-11-18-33(27-31)42-35-19-7-9-21-37(35)43(38-22-10-8-20-36(38)42)40-24-12-23-39-34-26-25-32(28-41(34)45-44(39)40)30-15-5-2-6-16-30/h1-28H/i1D,2D,3D,4D,5D,6D,7D,8D,9D,10D,11D,12D,13D,14D,15D,16D,17D,18D,19D,20D,21D,22D,23D,24D,25D,26D,27D,28D. The van der Waals surface area contributed by atoms with Gasteiger partial charge in [-0.3, -0.25) is 0 Å². The molecule has 0 fully saturated rings. The van der Waals surface area contributed by atoms with Crippen LogP contribution in [0.2, 0.25) is 0 Å². The number of para-hydroxylation sites is 1. The van der Waals surface area contributed by atoms with Crippen LogP contribution in [0.5, 0.6) is 0 Å². The number of furan rings is 1. The topological polar surface area (TPSA) is 13.1 Å². The Hall–Kier alpha value is -5.92. The van der Waals surface area contributed by atoms with Gasteiger partial charge in [0.1, 0.15) is 11.2 Å². The summed E-state index contributed by atoms with van der Waals surface area (Å²) in [5.41, 5.74) is -7.56. The Morgan fingerprint density at radius 2 is 0.822 bits per heavy atom. The van der Waals surface area contributed by atoms with Crippen LogP contribution in [0.4, 0.5) is 0 Å². The van der Waals surface area contributed by atoms with Crippen LogP contribution in [0.1, 0.15) is 38.4 Å². The maximum absolute atomic E-state index is 9.61. The van der Waals surface area contributed by atoms with E-state index in [2.05, 4.69) is 0 Å². The SMILES string of the molecule is [2H]c1c([2H])c([2H])c(-c2c([2H])c([2H])c([2H])c(-c3c4c([2H])c([2H])c([2H])c([2H])c4c(-c4c([2H])c([2H])c([2H])c5c4oc4c([2H])c(-c6c([2H])c([2H])c([2H])c([2H])c6[2H])c([2H])c([2H])c45)c4c([2H])c([2H])c([2H])c([2H])c34)c2[2H])c([2H])c1[2H]. The molecule has 0 spiro atoms. The normalized spacial score (nSPS) is 20.3. The predicted octanol–water partition coefficient (Wildman–Crippen LogP) is 12.6. The average molecular weight is 601 g/mol. The quantitative estimate of drug-likeness (QED) is 0.183. The number of hydrogen-bond acceptors (Lipinski definition) is 1. The molecule has 9 rings (SSSR count). The second-order valence-corrected chi connectivity index (χ2v) is 9.51. The van der Waals surface area contributed by atoms with Gasteiger partial charge in [0.15, 0.2) is 0 Å². The average Bonchev–Trinajstić information content (AvgIpc) is 3.76. The Morgan fingerprint density at radius 3 is 1.47 bits per heavy atom. The third-order valence-electron chi connectivity index (χ3n) is 7.06. The van der Waals surface area contributed by atoms with Crippen molar-refractivity contribution in [1.82, 2.24) is 0 Å². The monoisotopic (exact) mass is 600 g/mol. The minimum absolute atomic E-state index is 0.550. The summed E-state index contributed by atoms with van der Waals surface area (Å²) in [4.78, 5) is 0. The lowest BCUT2D eigenvalue weighted by molar-refractivity contribution is 0.670. The van der Waals surface area contributed by atoms with Crippen LogP contribution < -0.4 is 0 Å². The number of hydrogen-bond donors (Lipinski definition) is 0. The van der Waals surface area contributed by atoms with E-state index in [9.17, 15) is 12.3 Å². The van der Waals surface area contributed by atoms with Crippen molar-refractivity contribution in [3.05, 3.63) is 169 Å². The van der Waals surface area contributed by atoms with E-state index < -0.39 is 257 Å². The van der Waals surface area contributed by atoms with Crippen LogP contribution in [0.3, 0.4) is 0 Å². The van der Waals surface area contributed by atoms with Gasteiger partial charge in [0, 0.05) is 21.9 Å². The van der Waals surface area contributed by atoms with Crippen molar-refractivity contribution in [1.29, 1.82) is 0 Å². The van der Waals surface area contributed by atoms with Gasteiger partial charge >= 0.3 is 0 Å². The smallest absolute Gasteiger partial charge is 0.143 e. The van der Waals surface area contributed by atoms with Gasteiger partial charge in [0.05, 0.1) is 38.4 Å². The third kappa shape index (κ3) is 4.17. The van der Waals surface area contributed by atoms with E-state index in [0.717, 1.165) is 0 Å². The molecule has 0 saturated heterocycles. The molecule has 210 valence electrons. The summed E-state index contributed by atoms with van der Waals surface area (Å²) >= 11 is 0. The summed E-state index contributed by atoms with van der Waals surface area (Å²) in [6, 6.07) is -26.7. The summed E-state index contributed by atoms with van der Waals surface area (Å²) < 4.78 is 255. The first-order chi connectivity index (χ1) is 34.0. The van der Waals surface area contributed by atoms with Crippen LogP contribution in [-0.2, 0) is 0 Å². The van der Waals surface area contributed by atoms with Crippen LogP contribution in [-0.4, -0.2) is 0 Å². The maximum Gasteiger partial charge on any atom is 0.143 e. The fourth-order valence-corrected chi connectivity index (χ4v) is 5.19. The highest BCUT2D eigenvalue weighted by atomic mass is 16.3. The van der Waals surface area contributed by atoms with Crippen molar-refractivity contribution in [2.45, 2.75) is 0 Å². The zero-order valence-electron chi connectivity index (χ0n) is 50.4. The first kappa shape index (κ1) is 10.1.